The number of hydrogen-bond acceptors (Lipinski definition) is 15. The van der Waals surface area contributed by atoms with Gasteiger partial charge in [-0.25, -0.2) is 9.59 Å². The number of alkyl halides is 3. The maximum absolute atomic E-state index is 12.0. The predicted molar refractivity (Wildman–Crippen MR) is 412 cm³/mol. The molecule has 20 heteroatoms. The highest BCUT2D eigenvalue weighted by atomic mass is 19.4. The largest absolute Gasteiger partial charge is 0.497 e. The van der Waals surface area contributed by atoms with Gasteiger partial charge in [0.25, 0.3) is 0 Å². The third-order valence-corrected chi connectivity index (χ3v) is 14.6. The molecule has 0 bridgehead atoms. The van der Waals surface area contributed by atoms with Crippen LogP contribution < -0.4 is 47.4 Å². The lowest BCUT2D eigenvalue weighted by Crippen LogP contribution is -2.06. The summed E-state index contributed by atoms with van der Waals surface area (Å²) in [6, 6.07) is 60.7. The van der Waals surface area contributed by atoms with Crippen LogP contribution in [0.15, 0.2) is 206 Å². The molecular formula is C86H99F3O17. The van der Waals surface area contributed by atoms with E-state index >= 15 is 0 Å². The average molecular weight is 1460 g/mol. The van der Waals surface area contributed by atoms with Crippen molar-refractivity contribution in [1.82, 2.24) is 0 Å². The number of aldehydes is 3. The Balaban J connectivity index is 0.000000590. The second-order valence-electron chi connectivity index (χ2n) is 22.7. The zero-order valence-corrected chi connectivity index (χ0v) is 64.0. The van der Waals surface area contributed by atoms with E-state index in [0.29, 0.717) is 39.9 Å². The fourth-order valence-electron chi connectivity index (χ4n) is 8.81. The SMILES string of the molecule is COc1cc(C)cc(OC)c1OC.COc1ccc(C)c(OC)c1.COc1ccc(C)c(OC)c1OC.COc1ccc(C)cc1OC.Cc1ccc(C(=O)O)cc1.Cc1ccc(C=O)cc1.Cc1cccc(C(=O)O)c1.Cc1cccc(C=O)c1.Cc1ccccc1C(F)(F)F.Cc1ccccc1C=O. The van der Waals surface area contributed by atoms with Crippen LogP contribution in [-0.4, -0.2) is 112 Å². The van der Waals surface area contributed by atoms with E-state index in [0.717, 1.165) is 109 Å². The molecule has 0 saturated carbocycles. The Labute approximate surface area is 622 Å². The number of ether oxygens (including phenoxy) is 10. The molecule has 10 aromatic carbocycles. The zero-order chi connectivity index (χ0) is 79.9. The van der Waals surface area contributed by atoms with Gasteiger partial charge >= 0.3 is 18.1 Å². The molecule has 0 unspecified atom stereocenters. The van der Waals surface area contributed by atoms with E-state index in [9.17, 15) is 37.1 Å². The molecule has 17 nitrogen and oxygen atoms in total. The number of aryl methyl sites for hydroxylation is 10. The number of aromatic carboxylic acids is 2. The van der Waals surface area contributed by atoms with E-state index in [4.69, 9.17) is 57.6 Å². The lowest BCUT2D eigenvalue weighted by molar-refractivity contribution is -0.138. The number of hydrogen-bond donors (Lipinski definition) is 2. The first-order valence-corrected chi connectivity index (χ1v) is 32.6. The molecular weight excluding hydrogens is 1360 g/mol. The van der Waals surface area contributed by atoms with Gasteiger partial charge in [0.1, 0.15) is 30.4 Å². The quantitative estimate of drug-likeness (QED) is 0.0912. The Morgan fingerprint density at radius 2 is 0.745 bits per heavy atom. The summed E-state index contributed by atoms with van der Waals surface area (Å²) in [5.74, 6) is 5.58. The van der Waals surface area contributed by atoms with Gasteiger partial charge in [0.2, 0.25) is 11.5 Å². The van der Waals surface area contributed by atoms with Crippen molar-refractivity contribution < 1.29 is 94.7 Å². The van der Waals surface area contributed by atoms with Crippen molar-refractivity contribution in [2.24, 2.45) is 0 Å². The molecule has 2 N–H and O–H groups in total. The maximum atomic E-state index is 12.0. The number of benzene rings is 10. The minimum atomic E-state index is -4.22. The van der Waals surface area contributed by atoms with Gasteiger partial charge in [-0.2, -0.15) is 13.2 Å². The van der Waals surface area contributed by atoms with Crippen molar-refractivity contribution in [3.05, 3.63) is 295 Å². The summed E-state index contributed by atoms with van der Waals surface area (Å²) in [7, 11) is 16.2. The van der Waals surface area contributed by atoms with Crippen LogP contribution in [0.5, 0.6) is 57.5 Å². The molecule has 10 aromatic rings. The third-order valence-electron chi connectivity index (χ3n) is 14.6. The lowest BCUT2D eigenvalue weighted by atomic mass is 10.1. The number of rotatable bonds is 15. The second kappa shape index (κ2) is 50.3. The highest BCUT2D eigenvalue weighted by Gasteiger charge is 2.31. The van der Waals surface area contributed by atoms with Crippen molar-refractivity contribution in [1.29, 1.82) is 0 Å². The number of carboxylic acid groups (broad SMARTS) is 2. The summed E-state index contributed by atoms with van der Waals surface area (Å²) in [4.78, 5) is 51.2. The van der Waals surface area contributed by atoms with Gasteiger partial charge in [-0.05, 0) is 175 Å². The molecule has 10 rings (SSSR count). The van der Waals surface area contributed by atoms with Crippen LogP contribution in [-0.2, 0) is 6.18 Å². The molecule has 0 aliphatic rings. The van der Waals surface area contributed by atoms with Crippen LogP contribution in [0.2, 0.25) is 0 Å². The number of carbonyl (C=O) groups is 5. The molecule has 0 atom stereocenters. The summed E-state index contributed by atoms with van der Waals surface area (Å²) < 4.78 is 87.4. The van der Waals surface area contributed by atoms with E-state index in [2.05, 4.69) is 0 Å². The topological polar surface area (TPSA) is 218 Å². The number of carbonyl (C=O) groups excluding carboxylic acids is 3. The van der Waals surface area contributed by atoms with Crippen LogP contribution in [0.25, 0.3) is 0 Å². The molecule has 106 heavy (non-hydrogen) atoms. The Bertz CT molecular complexity index is 4240. The van der Waals surface area contributed by atoms with Crippen LogP contribution in [0, 0.1) is 69.2 Å². The molecule has 0 amide bonds. The molecule has 0 spiro atoms. The summed E-state index contributed by atoms with van der Waals surface area (Å²) in [5.41, 5.74) is 12.4. The molecule has 0 aliphatic carbocycles. The molecule has 0 heterocycles. The smallest absolute Gasteiger partial charge is 0.416 e. The van der Waals surface area contributed by atoms with Crippen LogP contribution in [0.1, 0.15) is 113 Å². The van der Waals surface area contributed by atoms with Crippen LogP contribution >= 0.6 is 0 Å². The molecule has 0 radical (unpaired) electrons. The number of halogens is 3. The average Bonchev–Trinajstić information content (AvgIpc) is 0.838. The molecule has 0 fully saturated rings. The molecule has 0 aromatic heterocycles. The summed E-state index contributed by atoms with van der Waals surface area (Å²) in [6.07, 6.45) is -1.65. The van der Waals surface area contributed by atoms with Gasteiger partial charge < -0.3 is 57.6 Å². The summed E-state index contributed by atoms with van der Waals surface area (Å²) in [6.45, 7) is 19.1. The Hall–Kier alpha value is -12.1. The highest BCUT2D eigenvalue weighted by molar-refractivity contribution is 5.88. The highest BCUT2D eigenvalue weighted by Crippen LogP contribution is 2.40. The number of carboxylic acids is 2. The van der Waals surface area contributed by atoms with E-state index < -0.39 is 23.7 Å². The summed E-state index contributed by atoms with van der Waals surface area (Å²) in [5, 5.41) is 17.0. The minimum absolute atomic E-state index is 0.264. The number of methoxy groups -OCH3 is 10. The molecule has 566 valence electrons. The zero-order valence-electron chi connectivity index (χ0n) is 64.0. The first kappa shape index (κ1) is 92.0. The van der Waals surface area contributed by atoms with Crippen molar-refractivity contribution in [3.63, 3.8) is 0 Å². The van der Waals surface area contributed by atoms with Crippen molar-refractivity contribution in [3.8, 4) is 57.5 Å². The first-order valence-electron chi connectivity index (χ1n) is 32.6. The Kier molecular flexibility index (Phi) is 43.7. The fraction of sp³-hybridized carbons (Fsp3) is 0.244. The normalized spacial score (nSPS) is 9.54. The molecule has 0 aliphatic heterocycles. The van der Waals surface area contributed by atoms with E-state index in [1.165, 1.54) is 30.2 Å². The van der Waals surface area contributed by atoms with E-state index in [-0.39, 0.29) is 5.56 Å². The van der Waals surface area contributed by atoms with Crippen molar-refractivity contribution in [2.45, 2.75) is 75.4 Å². The van der Waals surface area contributed by atoms with E-state index in [1.807, 2.05) is 196 Å². The predicted octanol–water partition coefficient (Wildman–Crippen LogP) is 19.9. The molecule has 0 saturated heterocycles. The van der Waals surface area contributed by atoms with Gasteiger partial charge in [-0.3, -0.25) is 14.4 Å². The van der Waals surface area contributed by atoms with E-state index in [1.54, 1.807) is 126 Å². The van der Waals surface area contributed by atoms with Gasteiger partial charge in [0.05, 0.1) is 87.8 Å². The monoisotopic (exact) mass is 1460 g/mol. The summed E-state index contributed by atoms with van der Waals surface area (Å²) >= 11 is 0. The van der Waals surface area contributed by atoms with Crippen molar-refractivity contribution in [2.75, 3.05) is 71.1 Å². The van der Waals surface area contributed by atoms with Crippen LogP contribution in [0.3, 0.4) is 0 Å². The second-order valence-corrected chi connectivity index (χ2v) is 22.7. The van der Waals surface area contributed by atoms with Gasteiger partial charge in [-0.1, -0.05) is 150 Å². The van der Waals surface area contributed by atoms with Crippen molar-refractivity contribution >= 4 is 30.8 Å². The minimum Gasteiger partial charge on any atom is -0.497 e. The van der Waals surface area contributed by atoms with Gasteiger partial charge in [-0.15, -0.1) is 0 Å². The lowest BCUT2D eigenvalue weighted by Gasteiger charge is -2.13. The van der Waals surface area contributed by atoms with Gasteiger partial charge in [0, 0.05) is 22.8 Å². The first-order chi connectivity index (χ1) is 50.4. The standard InChI is InChI=1S/2C10H14O3.2C9H12O2.C8H7F3.2C8H8O2.3C8H8O/c1-7-5-8(11-2)10(13-4)9(6-7)12-3;1-7-5-6-8(11-2)10(13-4)9(7)12-3;1-7-4-5-8(10-2)6-9(7)11-3;1-7-4-5-8(10-2)9(6-7)11-3;1-6-4-2-3-5-7(6)8(9,10)11;1-6-2-4-7(5-3-6)8(9)10;1-6-3-2-4-7(5-6)8(9)10;1-7-2-4-8(6-9)5-3-7;1-7-3-2-4-8(5-7)6-9;1-7-4-2-3-5-8(7)6-9/h2*5-6H,1-4H3;2*4-6H,1-3H3;2-5H,1H3;2*2-5H,1H3,(H,9,10);3*2-6H,1H3. The fourth-order valence-corrected chi connectivity index (χ4v) is 8.81. The third kappa shape index (κ3) is 34.3. The Morgan fingerprint density at radius 3 is 1.15 bits per heavy atom. The maximum Gasteiger partial charge on any atom is 0.416 e. The Morgan fingerprint density at radius 1 is 0.302 bits per heavy atom. The van der Waals surface area contributed by atoms with Crippen LogP contribution in [0.4, 0.5) is 13.2 Å². The van der Waals surface area contributed by atoms with Gasteiger partial charge in [0.15, 0.2) is 34.5 Å².